The molecule has 0 spiro atoms. The number of nitrogens with zero attached hydrogens (tertiary/aromatic N) is 1. The maximum atomic E-state index is 5.89. The summed E-state index contributed by atoms with van der Waals surface area (Å²) >= 11 is 8.73. The lowest BCUT2D eigenvalue weighted by atomic mass is 10.1. The predicted molar refractivity (Wildman–Crippen MR) is 93.6 cm³/mol. The quantitative estimate of drug-likeness (QED) is 0.819. The fourth-order valence-corrected chi connectivity index (χ4v) is 3.04. The molecule has 0 aliphatic carbocycles. The van der Waals surface area contributed by atoms with Crippen LogP contribution in [0.25, 0.3) is 0 Å². The lowest BCUT2D eigenvalue weighted by Crippen LogP contribution is -2.22. The Morgan fingerprint density at radius 1 is 1.19 bits per heavy atom. The molecule has 108 valence electrons. The second-order valence-electron chi connectivity index (χ2n) is 4.85. The number of anilines is 2. The molecular formula is C16H15BrN2OS. The van der Waals surface area contributed by atoms with Crippen molar-refractivity contribution in [3.63, 3.8) is 0 Å². The van der Waals surface area contributed by atoms with Crippen molar-refractivity contribution in [2.45, 2.75) is 6.42 Å². The van der Waals surface area contributed by atoms with Gasteiger partial charge >= 0.3 is 0 Å². The molecule has 0 unspecified atom stereocenters. The highest BCUT2D eigenvalue weighted by Gasteiger charge is 2.20. The molecule has 1 aliphatic rings. The van der Waals surface area contributed by atoms with E-state index in [0.717, 1.165) is 40.1 Å². The zero-order valence-corrected chi connectivity index (χ0v) is 13.8. The van der Waals surface area contributed by atoms with Crippen LogP contribution in [-0.4, -0.2) is 18.1 Å². The molecule has 2 aromatic rings. The van der Waals surface area contributed by atoms with Crippen LogP contribution in [-0.2, 0) is 0 Å². The number of nitrogens with two attached hydrogens (primary N) is 1. The number of thiocarbonyl (C=S) groups is 1. The zero-order chi connectivity index (χ0) is 14.8. The molecule has 21 heavy (non-hydrogen) atoms. The molecule has 3 rings (SSSR count). The summed E-state index contributed by atoms with van der Waals surface area (Å²) < 4.78 is 6.81. The van der Waals surface area contributed by atoms with Crippen molar-refractivity contribution in [3.8, 4) is 5.75 Å². The normalized spacial score (nSPS) is 14.0. The Kier molecular flexibility index (Phi) is 4.12. The van der Waals surface area contributed by atoms with Gasteiger partial charge in [0, 0.05) is 16.6 Å². The van der Waals surface area contributed by atoms with Crippen LogP contribution < -0.4 is 15.4 Å². The highest BCUT2D eigenvalue weighted by atomic mass is 79.9. The van der Waals surface area contributed by atoms with E-state index in [4.69, 9.17) is 22.7 Å². The maximum Gasteiger partial charge on any atom is 0.142 e. The molecule has 0 saturated heterocycles. The maximum absolute atomic E-state index is 5.89. The first-order chi connectivity index (χ1) is 10.2. The summed E-state index contributed by atoms with van der Waals surface area (Å²) in [6, 6.07) is 14.0. The first-order valence-corrected chi connectivity index (χ1v) is 7.95. The van der Waals surface area contributed by atoms with Crippen LogP contribution in [0.2, 0.25) is 0 Å². The summed E-state index contributed by atoms with van der Waals surface area (Å²) in [4.78, 5) is 2.63. The van der Waals surface area contributed by atoms with Gasteiger partial charge in [-0.15, -0.1) is 0 Å². The summed E-state index contributed by atoms with van der Waals surface area (Å²) in [6.45, 7) is 1.58. The van der Waals surface area contributed by atoms with E-state index in [1.165, 1.54) is 0 Å². The highest BCUT2D eigenvalue weighted by Crippen LogP contribution is 2.38. The van der Waals surface area contributed by atoms with Gasteiger partial charge in [-0.3, -0.25) is 0 Å². The number of hydrogen-bond acceptors (Lipinski definition) is 3. The van der Waals surface area contributed by atoms with Crippen molar-refractivity contribution in [2.75, 3.05) is 18.1 Å². The average Bonchev–Trinajstić information content (AvgIpc) is 2.69. The summed E-state index contributed by atoms with van der Waals surface area (Å²) in [5, 5.41) is 0. The number of rotatable bonds is 2. The van der Waals surface area contributed by atoms with Gasteiger partial charge < -0.3 is 15.4 Å². The summed E-state index contributed by atoms with van der Waals surface area (Å²) in [5.74, 6) is 0.892. The van der Waals surface area contributed by atoms with E-state index in [1.807, 2.05) is 30.3 Å². The summed E-state index contributed by atoms with van der Waals surface area (Å²) in [5.41, 5.74) is 8.82. The third-order valence-electron chi connectivity index (χ3n) is 3.46. The minimum absolute atomic E-state index is 0.403. The summed E-state index contributed by atoms with van der Waals surface area (Å²) in [7, 11) is 0. The first-order valence-electron chi connectivity index (χ1n) is 6.75. The van der Waals surface area contributed by atoms with E-state index in [1.54, 1.807) is 0 Å². The van der Waals surface area contributed by atoms with Crippen molar-refractivity contribution in [1.29, 1.82) is 0 Å². The average molecular weight is 363 g/mol. The monoisotopic (exact) mass is 362 g/mol. The Morgan fingerprint density at radius 3 is 2.81 bits per heavy atom. The van der Waals surface area contributed by atoms with E-state index in [0.29, 0.717) is 11.6 Å². The second-order valence-corrected chi connectivity index (χ2v) is 6.20. The van der Waals surface area contributed by atoms with E-state index >= 15 is 0 Å². The fourth-order valence-electron chi connectivity index (χ4n) is 2.51. The number of fused-ring (bicyclic) bond motifs is 1. The lowest BCUT2D eigenvalue weighted by molar-refractivity contribution is 0.322. The predicted octanol–water partition coefficient (Wildman–Crippen LogP) is 4.00. The van der Waals surface area contributed by atoms with Gasteiger partial charge in [0.05, 0.1) is 18.0 Å². The van der Waals surface area contributed by atoms with Crippen LogP contribution >= 0.6 is 28.1 Å². The molecule has 0 fully saturated rings. The van der Waals surface area contributed by atoms with E-state index in [9.17, 15) is 0 Å². The van der Waals surface area contributed by atoms with Gasteiger partial charge in [-0.05, 0) is 36.8 Å². The zero-order valence-electron chi connectivity index (χ0n) is 11.4. The molecule has 0 amide bonds. The molecule has 5 heteroatoms. The number of halogens is 1. The number of para-hydroxylation sites is 2. The molecule has 0 aromatic heterocycles. The number of benzene rings is 2. The van der Waals surface area contributed by atoms with Gasteiger partial charge in [0.1, 0.15) is 10.7 Å². The molecule has 0 bridgehead atoms. The Hall–Kier alpha value is -1.59. The van der Waals surface area contributed by atoms with E-state index in [-0.39, 0.29) is 0 Å². The molecule has 3 nitrogen and oxygen atoms in total. The van der Waals surface area contributed by atoms with Crippen LogP contribution in [0.3, 0.4) is 0 Å². The topological polar surface area (TPSA) is 38.5 Å². The first kappa shape index (κ1) is 14.4. The minimum atomic E-state index is 0.403. The lowest BCUT2D eigenvalue weighted by Gasteiger charge is -2.26. The molecule has 2 N–H and O–H groups in total. The van der Waals surface area contributed by atoms with Gasteiger partial charge in [0.25, 0.3) is 0 Å². The Bertz CT molecular complexity index is 690. The van der Waals surface area contributed by atoms with E-state index in [2.05, 4.69) is 33.0 Å². The van der Waals surface area contributed by atoms with Gasteiger partial charge in [-0.25, -0.2) is 0 Å². The Labute approximate surface area is 137 Å². The van der Waals surface area contributed by atoms with Crippen LogP contribution in [0.5, 0.6) is 5.75 Å². The molecule has 2 aromatic carbocycles. The second kappa shape index (κ2) is 6.03. The largest absolute Gasteiger partial charge is 0.491 e. The fraction of sp³-hybridized carbons (Fsp3) is 0.188. The smallest absolute Gasteiger partial charge is 0.142 e. The molecular weight excluding hydrogens is 348 g/mol. The molecule has 0 saturated carbocycles. The van der Waals surface area contributed by atoms with Crippen LogP contribution in [0.15, 0.2) is 46.9 Å². The van der Waals surface area contributed by atoms with Gasteiger partial charge in [0.2, 0.25) is 0 Å². The molecule has 1 heterocycles. The van der Waals surface area contributed by atoms with Crippen LogP contribution in [0, 0.1) is 0 Å². The van der Waals surface area contributed by atoms with Gasteiger partial charge in [-0.1, -0.05) is 40.3 Å². The molecule has 0 radical (unpaired) electrons. The number of ether oxygens (including phenoxy) is 1. The van der Waals surface area contributed by atoms with Crippen LogP contribution in [0.4, 0.5) is 11.4 Å². The SMILES string of the molecule is NC(=S)c1ccc(Br)cc1N1CCCOc2ccccc21. The van der Waals surface area contributed by atoms with Crippen molar-refractivity contribution < 1.29 is 4.74 Å². The van der Waals surface area contributed by atoms with Crippen molar-refractivity contribution in [3.05, 3.63) is 52.5 Å². The van der Waals surface area contributed by atoms with Gasteiger partial charge in [0.15, 0.2) is 0 Å². The third-order valence-corrected chi connectivity index (χ3v) is 4.17. The summed E-state index contributed by atoms with van der Waals surface area (Å²) in [6.07, 6.45) is 0.942. The third kappa shape index (κ3) is 2.89. The van der Waals surface area contributed by atoms with Crippen molar-refractivity contribution >= 4 is 44.5 Å². The minimum Gasteiger partial charge on any atom is -0.491 e. The molecule has 0 atom stereocenters. The van der Waals surface area contributed by atoms with Gasteiger partial charge in [-0.2, -0.15) is 0 Å². The Balaban J connectivity index is 2.16. The standard InChI is InChI=1S/C16H15BrN2OS/c17-11-6-7-12(16(18)21)14(10-11)19-8-3-9-20-15-5-2-1-4-13(15)19/h1-2,4-7,10H,3,8-9H2,(H2,18,21). The highest BCUT2D eigenvalue weighted by molar-refractivity contribution is 9.10. The number of hydrogen-bond donors (Lipinski definition) is 1. The van der Waals surface area contributed by atoms with Crippen molar-refractivity contribution in [1.82, 2.24) is 0 Å². The Morgan fingerprint density at radius 2 is 2.00 bits per heavy atom. The van der Waals surface area contributed by atoms with E-state index < -0.39 is 0 Å². The van der Waals surface area contributed by atoms with Crippen molar-refractivity contribution in [2.24, 2.45) is 5.73 Å². The molecule has 1 aliphatic heterocycles. The van der Waals surface area contributed by atoms with Crippen LogP contribution in [0.1, 0.15) is 12.0 Å².